The molecule has 0 radical (unpaired) electrons. The Hall–Kier alpha value is -1.69. The van der Waals surface area contributed by atoms with Gasteiger partial charge in [0.2, 0.25) is 5.91 Å². The first-order valence-corrected chi connectivity index (χ1v) is 9.85. The van der Waals surface area contributed by atoms with Gasteiger partial charge < -0.3 is 15.2 Å². The number of hydrogen-bond donors (Lipinski definition) is 2. The highest BCUT2D eigenvalue weighted by Crippen LogP contribution is 2.43. The van der Waals surface area contributed by atoms with Gasteiger partial charge in [-0.3, -0.25) is 9.59 Å². The summed E-state index contributed by atoms with van der Waals surface area (Å²) in [6.45, 7) is 0.483. The minimum absolute atomic E-state index is 0.00180. The summed E-state index contributed by atoms with van der Waals surface area (Å²) in [4.78, 5) is 24.2. The smallest absolute Gasteiger partial charge is 0.268 e. The standard InChI is InChI=1S/C19H20Cl3N3O2/c1-25-15(7-14(21)17(25)22)18(27)24-13-8-19(9-13,11-23-16(26)10-20)12-5-3-2-4-6-12/h2-7,13H,8-11H2,1H3,(H,23,26)(H,24,27). The number of nitrogens with one attached hydrogen (secondary N) is 2. The summed E-state index contributed by atoms with van der Waals surface area (Å²) >= 11 is 17.6. The molecule has 1 heterocycles. The number of nitrogens with zero attached hydrogens (tertiary/aromatic N) is 1. The first kappa shape index (κ1) is 20.1. The summed E-state index contributed by atoms with van der Waals surface area (Å²) < 4.78 is 1.56. The van der Waals surface area contributed by atoms with E-state index in [0.717, 1.165) is 18.4 Å². The van der Waals surface area contributed by atoms with Crippen molar-refractivity contribution in [2.24, 2.45) is 7.05 Å². The maximum atomic E-state index is 12.6. The third kappa shape index (κ3) is 4.10. The van der Waals surface area contributed by atoms with Crippen LogP contribution in [0.15, 0.2) is 36.4 Å². The van der Waals surface area contributed by atoms with Crippen LogP contribution in [0.4, 0.5) is 0 Å². The summed E-state index contributed by atoms with van der Waals surface area (Å²) in [6.07, 6.45) is 1.44. The number of amides is 2. The van der Waals surface area contributed by atoms with E-state index in [1.54, 1.807) is 17.7 Å². The van der Waals surface area contributed by atoms with E-state index in [1.165, 1.54) is 0 Å². The fourth-order valence-electron chi connectivity index (χ4n) is 3.59. The molecular weight excluding hydrogens is 409 g/mol. The lowest BCUT2D eigenvalue weighted by molar-refractivity contribution is -0.119. The number of halogens is 3. The Bertz CT molecular complexity index is 845. The van der Waals surface area contributed by atoms with Gasteiger partial charge >= 0.3 is 0 Å². The quantitative estimate of drug-likeness (QED) is 0.692. The van der Waals surface area contributed by atoms with Crippen LogP contribution < -0.4 is 10.6 Å². The van der Waals surface area contributed by atoms with Crippen LogP contribution in [-0.4, -0.2) is 34.8 Å². The van der Waals surface area contributed by atoms with Gasteiger partial charge in [0.15, 0.2) is 0 Å². The molecule has 144 valence electrons. The van der Waals surface area contributed by atoms with Crippen molar-refractivity contribution in [2.75, 3.05) is 12.4 Å². The van der Waals surface area contributed by atoms with Crippen molar-refractivity contribution in [3.63, 3.8) is 0 Å². The van der Waals surface area contributed by atoms with Crippen LogP contribution in [0.1, 0.15) is 28.9 Å². The van der Waals surface area contributed by atoms with Crippen LogP contribution in [-0.2, 0) is 17.3 Å². The zero-order valence-corrected chi connectivity index (χ0v) is 17.0. The number of aromatic nitrogens is 1. The monoisotopic (exact) mass is 427 g/mol. The number of benzene rings is 1. The average Bonchev–Trinajstić information content (AvgIpc) is 2.91. The van der Waals surface area contributed by atoms with Gasteiger partial charge in [-0.05, 0) is 24.5 Å². The molecule has 0 spiro atoms. The fraction of sp³-hybridized carbons (Fsp3) is 0.368. The molecule has 1 fully saturated rings. The van der Waals surface area contributed by atoms with Crippen molar-refractivity contribution < 1.29 is 9.59 Å². The Morgan fingerprint density at radius 3 is 2.44 bits per heavy atom. The molecular formula is C19H20Cl3N3O2. The van der Waals surface area contributed by atoms with E-state index >= 15 is 0 Å². The second-order valence-corrected chi connectivity index (χ2v) is 7.90. The fourth-order valence-corrected chi connectivity index (χ4v) is 4.06. The van der Waals surface area contributed by atoms with Gasteiger partial charge in [0.1, 0.15) is 16.7 Å². The van der Waals surface area contributed by atoms with Gasteiger partial charge in [-0.25, -0.2) is 0 Å². The third-order valence-electron chi connectivity index (χ3n) is 5.09. The van der Waals surface area contributed by atoms with Crippen LogP contribution in [0.2, 0.25) is 10.2 Å². The first-order chi connectivity index (χ1) is 12.9. The van der Waals surface area contributed by atoms with E-state index in [0.29, 0.717) is 22.4 Å². The molecule has 1 aliphatic rings. The van der Waals surface area contributed by atoms with E-state index < -0.39 is 0 Å². The van der Waals surface area contributed by atoms with Gasteiger partial charge in [-0.1, -0.05) is 53.5 Å². The third-order valence-corrected chi connectivity index (χ3v) is 6.17. The van der Waals surface area contributed by atoms with Crippen molar-refractivity contribution in [3.05, 3.63) is 57.8 Å². The number of hydrogen-bond acceptors (Lipinski definition) is 2. The molecule has 5 nitrogen and oxygen atoms in total. The van der Waals surface area contributed by atoms with Gasteiger partial charge in [0.05, 0.1) is 5.02 Å². The van der Waals surface area contributed by atoms with E-state index in [-0.39, 0.29) is 29.2 Å². The predicted molar refractivity (Wildman–Crippen MR) is 108 cm³/mol. The van der Waals surface area contributed by atoms with Crippen LogP contribution in [0, 0.1) is 0 Å². The van der Waals surface area contributed by atoms with Crippen molar-refractivity contribution in [1.82, 2.24) is 15.2 Å². The van der Waals surface area contributed by atoms with Crippen molar-refractivity contribution >= 4 is 46.6 Å². The highest BCUT2D eigenvalue weighted by molar-refractivity contribution is 6.41. The second-order valence-electron chi connectivity index (χ2n) is 6.86. The van der Waals surface area contributed by atoms with Gasteiger partial charge in [0, 0.05) is 25.0 Å². The summed E-state index contributed by atoms with van der Waals surface area (Å²) in [6, 6.07) is 11.5. The maximum Gasteiger partial charge on any atom is 0.268 e. The number of carbonyl (C=O) groups is 2. The number of rotatable bonds is 6. The summed E-state index contributed by atoms with van der Waals surface area (Å²) in [7, 11) is 1.69. The van der Waals surface area contributed by atoms with Crippen LogP contribution in [0.5, 0.6) is 0 Å². The van der Waals surface area contributed by atoms with Gasteiger partial charge in [-0.2, -0.15) is 0 Å². The summed E-state index contributed by atoms with van der Waals surface area (Å²) in [5, 5.41) is 6.58. The second kappa shape index (κ2) is 8.13. The highest BCUT2D eigenvalue weighted by atomic mass is 35.5. The lowest BCUT2D eigenvalue weighted by atomic mass is 9.61. The van der Waals surface area contributed by atoms with Crippen LogP contribution >= 0.6 is 34.8 Å². The molecule has 0 unspecified atom stereocenters. The molecule has 1 saturated carbocycles. The maximum absolute atomic E-state index is 12.6. The molecule has 3 rings (SSSR count). The molecule has 2 aromatic rings. The molecule has 27 heavy (non-hydrogen) atoms. The molecule has 1 aromatic carbocycles. The van der Waals surface area contributed by atoms with Crippen LogP contribution in [0.25, 0.3) is 0 Å². The molecule has 2 N–H and O–H groups in total. The lowest BCUT2D eigenvalue weighted by Crippen LogP contribution is -2.58. The molecule has 0 bridgehead atoms. The molecule has 1 aromatic heterocycles. The normalized spacial score (nSPS) is 21.4. The van der Waals surface area contributed by atoms with Gasteiger partial charge in [0.25, 0.3) is 5.91 Å². The first-order valence-electron chi connectivity index (χ1n) is 8.56. The van der Waals surface area contributed by atoms with E-state index in [9.17, 15) is 9.59 Å². The predicted octanol–water partition coefficient (Wildman–Crippen LogP) is 3.52. The van der Waals surface area contributed by atoms with E-state index in [2.05, 4.69) is 10.6 Å². The molecule has 0 aliphatic heterocycles. The molecule has 2 amide bonds. The highest BCUT2D eigenvalue weighted by Gasteiger charge is 2.46. The molecule has 0 atom stereocenters. The minimum atomic E-state index is -0.220. The lowest BCUT2D eigenvalue weighted by Gasteiger charge is -2.48. The largest absolute Gasteiger partial charge is 0.354 e. The van der Waals surface area contributed by atoms with E-state index in [1.807, 2.05) is 30.3 Å². The Balaban J connectivity index is 1.69. The van der Waals surface area contributed by atoms with Gasteiger partial charge in [-0.15, -0.1) is 11.6 Å². The van der Waals surface area contributed by atoms with Crippen molar-refractivity contribution in [2.45, 2.75) is 24.3 Å². The SMILES string of the molecule is Cn1c(C(=O)NC2CC(CNC(=O)CCl)(c3ccccc3)C2)cc(Cl)c1Cl. The Morgan fingerprint density at radius 1 is 1.22 bits per heavy atom. The number of alkyl halides is 1. The van der Waals surface area contributed by atoms with E-state index in [4.69, 9.17) is 34.8 Å². The molecule has 1 aliphatic carbocycles. The number of carbonyl (C=O) groups excluding carboxylic acids is 2. The minimum Gasteiger partial charge on any atom is -0.354 e. The van der Waals surface area contributed by atoms with Crippen LogP contribution in [0.3, 0.4) is 0 Å². The summed E-state index contributed by atoms with van der Waals surface area (Å²) in [5.41, 5.74) is 1.33. The average molecular weight is 429 g/mol. The zero-order chi connectivity index (χ0) is 19.6. The molecule has 8 heteroatoms. The Labute approximate surface area is 173 Å². The Kier molecular flexibility index (Phi) is 6.04. The zero-order valence-electron chi connectivity index (χ0n) is 14.8. The van der Waals surface area contributed by atoms with Crippen molar-refractivity contribution in [3.8, 4) is 0 Å². The Morgan fingerprint density at radius 2 is 1.89 bits per heavy atom. The molecule has 0 saturated heterocycles. The van der Waals surface area contributed by atoms with Crippen molar-refractivity contribution in [1.29, 1.82) is 0 Å². The summed E-state index contributed by atoms with van der Waals surface area (Å²) in [5.74, 6) is -0.490. The topological polar surface area (TPSA) is 63.1 Å².